The molecule has 2 rings (SSSR count). The third-order valence-corrected chi connectivity index (χ3v) is 3.86. The lowest BCUT2D eigenvalue weighted by Gasteiger charge is -2.24. The molecular weight excluding hydrogens is 252 g/mol. The van der Waals surface area contributed by atoms with E-state index in [0.717, 1.165) is 4.88 Å². The third kappa shape index (κ3) is 2.28. The van der Waals surface area contributed by atoms with Crippen LogP contribution in [0, 0.1) is 6.92 Å². The van der Waals surface area contributed by atoms with Crippen molar-refractivity contribution in [2.45, 2.75) is 26.3 Å². The highest BCUT2D eigenvalue weighted by molar-refractivity contribution is 7.13. The number of nitrogens with zero attached hydrogens (tertiary/aromatic N) is 1. The van der Waals surface area contributed by atoms with E-state index < -0.39 is 6.04 Å². The first-order valence-corrected chi connectivity index (χ1v) is 6.55. The molecule has 0 aliphatic carbocycles. The number of imide groups is 1. The Bertz CT molecular complexity index is 509. The minimum atomic E-state index is -0.669. The topological polar surface area (TPSA) is 66.5 Å². The SMILES string of the molecule is CCN(C(=O)c1ccc(C)s1)C1CC(=O)NC1=O. The summed E-state index contributed by atoms with van der Waals surface area (Å²) >= 11 is 1.39. The molecule has 1 atom stereocenters. The van der Waals surface area contributed by atoms with Gasteiger partial charge in [0, 0.05) is 11.4 Å². The highest BCUT2D eigenvalue weighted by Gasteiger charge is 2.37. The molecule has 0 radical (unpaired) electrons. The summed E-state index contributed by atoms with van der Waals surface area (Å²) in [6.45, 7) is 4.12. The van der Waals surface area contributed by atoms with Crippen molar-refractivity contribution in [2.24, 2.45) is 0 Å². The standard InChI is InChI=1S/C12H14N2O3S/c1-3-14(8-6-10(15)13-11(8)16)12(17)9-5-4-7(2)18-9/h4-5,8H,3,6H2,1-2H3,(H,13,15,16). The summed E-state index contributed by atoms with van der Waals surface area (Å²) in [5.41, 5.74) is 0. The van der Waals surface area contributed by atoms with Gasteiger partial charge in [0.05, 0.1) is 11.3 Å². The summed E-state index contributed by atoms with van der Waals surface area (Å²) in [5.74, 6) is -0.896. The summed E-state index contributed by atoms with van der Waals surface area (Å²) in [4.78, 5) is 38.1. The second kappa shape index (κ2) is 4.89. The van der Waals surface area contributed by atoms with Crippen molar-refractivity contribution >= 4 is 29.1 Å². The number of carbonyl (C=O) groups is 3. The van der Waals surface area contributed by atoms with Crippen LogP contribution in [0.15, 0.2) is 12.1 Å². The molecule has 1 aromatic rings. The van der Waals surface area contributed by atoms with E-state index in [1.54, 1.807) is 13.0 Å². The molecule has 5 nitrogen and oxygen atoms in total. The molecular formula is C12H14N2O3S. The van der Waals surface area contributed by atoms with Crippen LogP contribution in [0.2, 0.25) is 0 Å². The Labute approximate surface area is 109 Å². The molecule has 1 saturated heterocycles. The molecule has 96 valence electrons. The minimum absolute atomic E-state index is 0.0583. The van der Waals surface area contributed by atoms with Crippen LogP contribution in [0.1, 0.15) is 27.9 Å². The minimum Gasteiger partial charge on any atom is -0.326 e. The van der Waals surface area contributed by atoms with Gasteiger partial charge in [-0.1, -0.05) is 0 Å². The quantitative estimate of drug-likeness (QED) is 0.828. The maximum absolute atomic E-state index is 12.3. The van der Waals surface area contributed by atoms with Gasteiger partial charge in [0.1, 0.15) is 6.04 Å². The van der Waals surface area contributed by atoms with Crippen LogP contribution in [0.5, 0.6) is 0 Å². The molecule has 3 amide bonds. The fourth-order valence-electron chi connectivity index (χ4n) is 1.99. The van der Waals surface area contributed by atoms with Gasteiger partial charge in [-0.05, 0) is 26.0 Å². The van der Waals surface area contributed by atoms with Gasteiger partial charge in [0.25, 0.3) is 5.91 Å². The Morgan fingerprint density at radius 2 is 2.22 bits per heavy atom. The summed E-state index contributed by atoms with van der Waals surface area (Å²) in [6, 6.07) is 2.95. The first-order chi connectivity index (χ1) is 8.52. The Morgan fingerprint density at radius 1 is 1.50 bits per heavy atom. The van der Waals surface area contributed by atoms with Crippen LogP contribution in [-0.4, -0.2) is 35.2 Å². The molecule has 1 aromatic heterocycles. The van der Waals surface area contributed by atoms with Gasteiger partial charge in [-0.15, -0.1) is 11.3 Å². The first kappa shape index (κ1) is 12.8. The molecule has 1 unspecified atom stereocenters. The average molecular weight is 266 g/mol. The molecule has 0 aromatic carbocycles. The van der Waals surface area contributed by atoms with Crippen LogP contribution < -0.4 is 5.32 Å². The second-order valence-corrected chi connectivity index (χ2v) is 5.42. The zero-order valence-corrected chi connectivity index (χ0v) is 11.0. The number of hydrogen-bond donors (Lipinski definition) is 1. The Morgan fingerprint density at radius 3 is 2.67 bits per heavy atom. The van der Waals surface area contributed by atoms with Gasteiger partial charge in [-0.2, -0.15) is 0 Å². The largest absolute Gasteiger partial charge is 0.326 e. The van der Waals surface area contributed by atoms with E-state index in [1.807, 2.05) is 13.0 Å². The van der Waals surface area contributed by atoms with Crippen LogP contribution >= 0.6 is 11.3 Å². The van der Waals surface area contributed by atoms with Crippen LogP contribution in [0.25, 0.3) is 0 Å². The maximum atomic E-state index is 12.3. The highest BCUT2D eigenvalue weighted by Crippen LogP contribution is 2.20. The number of nitrogens with one attached hydrogen (secondary N) is 1. The number of hydrogen-bond acceptors (Lipinski definition) is 4. The molecule has 0 bridgehead atoms. The Balaban J connectivity index is 2.21. The molecule has 1 N–H and O–H groups in total. The summed E-state index contributed by atoms with van der Waals surface area (Å²) in [6.07, 6.45) is 0.0583. The second-order valence-electron chi connectivity index (χ2n) is 4.13. The van der Waals surface area contributed by atoms with Crippen molar-refractivity contribution < 1.29 is 14.4 Å². The van der Waals surface area contributed by atoms with Crippen LogP contribution in [-0.2, 0) is 9.59 Å². The number of aryl methyl sites for hydroxylation is 1. The van der Waals surface area contributed by atoms with Crippen molar-refractivity contribution in [3.05, 3.63) is 21.9 Å². The van der Waals surface area contributed by atoms with Gasteiger partial charge in [0.15, 0.2) is 0 Å². The van der Waals surface area contributed by atoms with Crippen molar-refractivity contribution in [3.63, 3.8) is 0 Å². The van der Waals surface area contributed by atoms with E-state index >= 15 is 0 Å². The summed E-state index contributed by atoms with van der Waals surface area (Å²) < 4.78 is 0. The molecule has 1 aliphatic rings. The summed E-state index contributed by atoms with van der Waals surface area (Å²) in [5, 5.41) is 2.22. The number of thiophene rings is 1. The Hall–Kier alpha value is -1.69. The fourth-order valence-corrected chi connectivity index (χ4v) is 2.81. The molecule has 18 heavy (non-hydrogen) atoms. The van der Waals surface area contributed by atoms with E-state index in [9.17, 15) is 14.4 Å². The number of rotatable bonds is 3. The van der Waals surface area contributed by atoms with Crippen molar-refractivity contribution in [1.82, 2.24) is 10.2 Å². The van der Waals surface area contributed by atoms with E-state index in [0.29, 0.717) is 11.4 Å². The lowest BCUT2D eigenvalue weighted by molar-refractivity contribution is -0.126. The average Bonchev–Trinajstić information content (AvgIpc) is 2.87. The third-order valence-electron chi connectivity index (χ3n) is 2.87. The molecule has 6 heteroatoms. The molecule has 1 fully saturated rings. The number of carbonyl (C=O) groups excluding carboxylic acids is 3. The molecule has 0 saturated carbocycles. The van der Waals surface area contributed by atoms with Crippen LogP contribution in [0.4, 0.5) is 0 Å². The van der Waals surface area contributed by atoms with Crippen molar-refractivity contribution in [3.8, 4) is 0 Å². The van der Waals surface area contributed by atoms with E-state index in [1.165, 1.54) is 16.2 Å². The van der Waals surface area contributed by atoms with E-state index in [4.69, 9.17) is 0 Å². The van der Waals surface area contributed by atoms with Crippen LogP contribution in [0.3, 0.4) is 0 Å². The predicted molar refractivity (Wildman–Crippen MR) is 67.3 cm³/mol. The Kier molecular flexibility index (Phi) is 3.47. The van der Waals surface area contributed by atoms with E-state index in [-0.39, 0.29) is 24.1 Å². The molecule has 1 aliphatic heterocycles. The molecule has 2 heterocycles. The zero-order valence-electron chi connectivity index (χ0n) is 10.2. The smallest absolute Gasteiger partial charge is 0.264 e. The maximum Gasteiger partial charge on any atom is 0.264 e. The van der Waals surface area contributed by atoms with Gasteiger partial charge >= 0.3 is 0 Å². The zero-order chi connectivity index (χ0) is 13.3. The lowest BCUT2D eigenvalue weighted by atomic mass is 10.2. The first-order valence-electron chi connectivity index (χ1n) is 5.74. The summed E-state index contributed by atoms with van der Waals surface area (Å²) in [7, 11) is 0. The van der Waals surface area contributed by atoms with Gasteiger partial charge < -0.3 is 4.90 Å². The number of likely N-dealkylation sites (N-methyl/N-ethyl adjacent to an activating group) is 1. The van der Waals surface area contributed by atoms with Gasteiger partial charge in [0.2, 0.25) is 11.8 Å². The van der Waals surface area contributed by atoms with Gasteiger partial charge in [-0.25, -0.2) is 0 Å². The van der Waals surface area contributed by atoms with E-state index in [2.05, 4.69) is 5.32 Å². The molecule has 0 spiro atoms. The lowest BCUT2D eigenvalue weighted by Crippen LogP contribution is -2.44. The van der Waals surface area contributed by atoms with Gasteiger partial charge in [-0.3, -0.25) is 19.7 Å². The van der Waals surface area contributed by atoms with Crippen molar-refractivity contribution in [1.29, 1.82) is 0 Å². The normalized spacial score (nSPS) is 18.9. The fraction of sp³-hybridized carbons (Fsp3) is 0.417. The monoisotopic (exact) mass is 266 g/mol. The highest BCUT2D eigenvalue weighted by atomic mass is 32.1. The number of amides is 3. The van der Waals surface area contributed by atoms with Crippen molar-refractivity contribution in [2.75, 3.05) is 6.54 Å². The predicted octanol–water partition coefficient (Wildman–Crippen LogP) is 0.934.